The highest BCUT2D eigenvalue weighted by atomic mass is 16.6. The first-order valence-corrected chi connectivity index (χ1v) is 13.4. The summed E-state index contributed by atoms with van der Waals surface area (Å²) in [7, 11) is 0. The van der Waals surface area contributed by atoms with Gasteiger partial charge < -0.3 is 39.4 Å². The lowest BCUT2D eigenvalue weighted by atomic mass is 9.46. The summed E-state index contributed by atoms with van der Waals surface area (Å²) in [5.74, 6) is -5.13. The molecular formula is C28H42O12. The van der Waals surface area contributed by atoms with Gasteiger partial charge in [0.15, 0.2) is 12.2 Å². The van der Waals surface area contributed by atoms with E-state index < -0.39 is 95.4 Å². The molecule has 0 radical (unpaired) electrons. The Labute approximate surface area is 233 Å². The second-order valence-corrected chi connectivity index (χ2v) is 12.2. The van der Waals surface area contributed by atoms with Crippen molar-refractivity contribution in [3.05, 3.63) is 11.1 Å². The summed E-state index contributed by atoms with van der Waals surface area (Å²) in [6.07, 6.45) is -8.39. The summed E-state index contributed by atoms with van der Waals surface area (Å²) in [6.45, 7) is 10.5. The number of aliphatic hydroxyl groups is 4. The zero-order valence-corrected chi connectivity index (χ0v) is 24.3. The minimum atomic E-state index is -2.36. The molecule has 0 heterocycles. The molecule has 3 aliphatic carbocycles. The maximum Gasteiger partial charge on any atom is 0.303 e. The minimum Gasteiger partial charge on any atom is -0.462 e. The van der Waals surface area contributed by atoms with Gasteiger partial charge in [-0.05, 0) is 35.8 Å². The highest BCUT2D eigenvalue weighted by Crippen LogP contribution is 2.61. The van der Waals surface area contributed by atoms with Crippen LogP contribution in [0.4, 0.5) is 0 Å². The van der Waals surface area contributed by atoms with Crippen LogP contribution < -0.4 is 0 Å². The average Bonchev–Trinajstić information content (AvgIpc) is 2.80. The molecule has 12 heteroatoms. The summed E-state index contributed by atoms with van der Waals surface area (Å²) in [5, 5.41) is 45.6. The Morgan fingerprint density at radius 1 is 0.850 bits per heavy atom. The monoisotopic (exact) mass is 570 g/mol. The molecule has 10 atom stereocenters. The van der Waals surface area contributed by atoms with Gasteiger partial charge in [-0.2, -0.15) is 0 Å². The number of carbonyl (C=O) groups is 4. The highest BCUT2D eigenvalue weighted by Gasteiger charge is 2.71. The average molecular weight is 571 g/mol. The van der Waals surface area contributed by atoms with Crippen LogP contribution in [0.1, 0.15) is 68.2 Å². The fourth-order valence-electron chi connectivity index (χ4n) is 7.66. The number of carbonyl (C=O) groups excluding carboxylic acids is 4. The van der Waals surface area contributed by atoms with Gasteiger partial charge in [0.25, 0.3) is 0 Å². The highest BCUT2D eigenvalue weighted by molar-refractivity contribution is 5.69. The molecule has 2 fully saturated rings. The van der Waals surface area contributed by atoms with Crippen LogP contribution in [0.5, 0.6) is 0 Å². The topological polar surface area (TPSA) is 186 Å². The van der Waals surface area contributed by atoms with Gasteiger partial charge in [-0.25, -0.2) is 0 Å². The van der Waals surface area contributed by atoms with Gasteiger partial charge in [-0.1, -0.05) is 20.8 Å². The van der Waals surface area contributed by atoms with E-state index in [1.165, 1.54) is 20.8 Å². The first-order chi connectivity index (χ1) is 18.3. The summed E-state index contributed by atoms with van der Waals surface area (Å²) >= 11 is 0. The quantitative estimate of drug-likeness (QED) is 0.205. The Bertz CT molecular complexity index is 1080. The summed E-state index contributed by atoms with van der Waals surface area (Å²) in [4.78, 5) is 49.5. The lowest BCUT2D eigenvalue weighted by molar-refractivity contribution is -0.296. The molecule has 0 aromatic heterocycles. The fourth-order valence-corrected chi connectivity index (χ4v) is 7.66. The molecule has 12 nitrogen and oxygen atoms in total. The molecular weight excluding hydrogens is 528 g/mol. The molecule has 226 valence electrons. The first-order valence-electron chi connectivity index (χ1n) is 13.4. The van der Waals surface area contributed by atoms with Crippen molar-refractivity contribution in [3.63, 3.8) is 0 Å². The van der Waals surface area contributed by atoms with Crippen LogP contribution in [0, 0.1) is 22.7 Å². The van der Waals surface area contributed by atoms with Crippen molar-refractivity contribution in [3.8, 4) is 0 Å². The van der Waals surface area contributed by atoms with E-state index in [0.717, 1.165) is 13.8 Å². The zero-order chi connectivity index (χ0) is 30.5. The van der Waals surface area contributed by atoms with E-state index in [1.807, 2.05) is 0 Å². The lowest BCUT2D eigenvalue weighted by Crippen LogP contribution is -2.75. The van der Waals surface area contributed by atoms with Crippen LogP contribution in [0.2, 0.25) is 0 Å². The predicted molar refractivity (Wildman–Crippen MR) is 137 cm³/mol. The molecule has 0 aliphatic heterocycles. The molecule has 2 saturated carbocycles. The van der Waals surface area contributed by atoms with Crippen molar-refractivity contribution in [1.82, 2.24) is 0 Å². The number of fused-ring (bicyclic) bond motifs is 3. The van der Waals surface area contributed by atoms with E-state index in [4.69, 9.17) is 18.9 Å². The molecule has 0 amide bonds. The SMILES string of the molecule is CC(=O)O[C@H]1C[C@H]2[C@@H](O)[C@@H]3C(O)(CO)[C@@H](O)C[C@H](OC(C)=O)[C@@]3(C)[C@@H](OC(C)=O)[C@H](OC(C)=O)C(=C1C)C2(C)C. The molecule has 0 spiro atoms. The maximum atomic E-state index is 12.6. The molecule has 0 saturated heterocycles. The molecule has 1 unspecified atom stereocenters. The largest absolute Gasteiger partial charge is 0.462 e. The second kappa shape index (κ2) is 11.0. The molecule has 3 aliphatic rings. The van der Waals surface area contributed by atoms with Crippen molar-refractivity contribution in [2.75, 3.05) is 6.61 Å². The molecule has 0 aromatic carbocycles. The van der Waals surface area contributed by atoms with E-state index in [9.17, 15) is 39.6 Å². The number of esters is 4. The second-order valence-electron chi connectivity index (χ2n) is 12.2. The van der Waals surface area contributed by atoms with Crippen LogP contribution in [-0.2, 0) is 38.1 Å². The number of aliphatic hydroxyl groups excluding tert-OH is 3. The Morgan fingerprint density at radius 2 is 1.38 bits per heavy atom. The number of hydrogen-bond donors (Lipinski definition) is 4. The van der Waals surface area contributed by atoms with Crippen LogP contribution >= 0.6 is 0 Å². The van der Waals surface area contributed by atoms with Gasteiger partial charge in [0, 0.05) is 40.0 Å². The Balaban J connectivity index is 2.50. The normalized spacial score (nSPS) is 40.6. The first kappa shape index (κ1) is 32.0. The third-order valence-corrected chi connectivity index (χ3v) is 9.30. The van der Waals surface area contributed by atoms with Gasteiger partial charge in [0.1, 0.15) is 17.8 Å². The van der Waals surface area contributed by atoms with E-state index in [1.54, 1.807) is 20.8 Å². The van der Waals surface area contributed by atoms with Crippen molar-refractivity contribution in [2.24, 2.45) is 22.7 Å². The summed E-state index contributed by atoms with van der Waals surface area (Å²) in [6, 6.07) is 0. The minimum absolute atomic E-state index is 0.0938. The van der Waals surface area contributed by atoms with E-state index >= 15 is 0 Å². The molecule has 4 N–H and O–H groups in total. The number of ether oxygens (including phenoxy) is 4. The van der Waals surface area contributed by atoms with Crippen molar-refractivity contribution in [1.29, 1.82) is 0 Å². The summed E-state index contributed by atoms with van der Waals surface area (Å²) < 4.78 is 23.0. The molecule has 0 aromatic rings. The fraction of sp³-hybridized carbons (Fsp3) is 0.786. The number of rotatable bonds is 5. The van der Waals surface area contributed by atoms with E-state index in [-0.39, 0.29) is 12.8 Å². The van der Waals surface area contributed by atoms with Gasteiger partial charge in [0.05, 0.1) is 24.2 Å². The van der Waals surface area contributed by atoms with Crippen LogP contribution in [0.3, 0.4) is 0 Å². The maximum absolute atomic E-state index is 12.6. The Hall–Kier alpha value is -2.54. The Morgan fingerprint density at radius 3 is 1.85 bits per heavy atom. The van der Waals surface area contributed by atoms with Gasteiger partial charge in [-0.15, -0.1) is 0 Å². The van der Waals surface area contributed by atoms with Crippen LogP contribution in [0.25, 0.3) is 0 Å². The van der Waals surface area contributed by atoms with E-state index in [2.05, 4.69) is 0 Å². The van der Waals surface area contributed by atoms with Crippen molar-refractivity contribution < 1.29 is 58.6 Å². The van der Waals surface area contributed by atoms with Gasteiger partial charge in [-0.3, -0.25) is 19.2 Å². The molecule has 40 heavy (non-hydrogen) atoms. The molecule has 2 bridgehead atoms. The van der Waals surface area contributed by atoms with Crippen LogP contribution in [-0.4, -0.2) is 93.1 Å². The third-order valence-electron chi connectivity index (χ3n) is 9.30. The molecule has 3 rings (SSSR count). The van der Waals surface area contributed by atoms with Crippen molar-refractivity contribution in [2.45, 2.75) is 110 Å². The Kier molecular flexibility index (Phi) is 8.82. The van der Waals surface area contributed by atoms with Crippen LogP contribution in [0.15, 0.2) is 11.1 Å². The standard InChI is InChI=1S/C28H42O12/c1-12-18(37-13(2)30)9-17-22(35)24-27(8,20(38-14(3)31)10-19(34)28(24,36)11-29)25(40-16(5)33)23(39-15(4)32)21(12)26(17,6)7/h17-20,22-25,29,34-36H,9-11H2,1-8H3/t17-,18-,19-,20-,22+,23+,24-,25-,27+,28?/m0/s1. The van der Waals surface area contributed by atoms with E-state index in [0.29, 0.717) is 11.1 Å². The lowest BCUT2D eigenvalue weighted by Gasteiger charge is -2.64. The number of hydrogen-bond acceptors (Lipinski definition) is 12. The van der Waals surface area contributed by atoms with Crippen molar-refractivity contribution >= 4 is 23.9 Å². The summed E-state index contributed by atoms with van der Waals surface area (Å²) in [5.41, 5.74) is -4.09. The predicted octanol–water partition coefficient (Wildman–Crippen LogP) is 0.561. The zero-order valence-electron chi connectivity index (χ0n) is 24.3. The van der Waals surface area contributed by atoms with Gasteiger partial charge >= 0.3 is 23.9 Å². The third kappa shape index (κ3) is 5.15. The smallest absolute Gasteiger partial charge is 0.303 e. The van der Waals surface area contributed by atoms with Gasteiger partial charge in [0.2, 0.25) is 0 Å².